The van der Waals surface area contributed by atoms with Crippen molar-refractivity contribution in [3.05, 3.63) is 33.8 Å². The Morgan fingerprint density at radius 2 is 1.76 bits per heavy atom. The summed E-state index contributed by atoms with van der Waals surface area (Å²) in [5.41, 5.74) is -4.93. The molecule has 1 spiro atoms. The van der Waals surface area contributed by atoms with Gasteiger partial charge in [-0.1, -0.05) is 20.8 Å². The second-order valence-electron chi connectivity index (χ2n) is 11.0. The van der Waals surface area contributed by atoms with Crippen LogP contribution in [-0.4, -0.2) is 68.4 Å². The molecule has 4 aliphatic rings. The van der Waals surface area contributed by atoms with Crippen molar-refractivity contribution in [1.29, 1.82) is 0 Å². The summed E-state index contributed by atoms with van der Waals surface area (Å²) in [5, 5.41) is 22.7. The molecule has 1 aliphatic heterocycles. The lowest BCUT2D eigenvalue weighted by molar-refractivity contribution is -0.148. The predicted molar refractivity (Wildman–Crippen MR) is 121 cm³/mol. The Balaban J connectivity index is 2.11. The van der Waals surface area contributed by atoms with E-state index in [9.17, 15) is 24.6 Å². The largest absolute Gasteiger partial charge is 0.504 e. The number of hydrogen-bond acceptors (Lipinski definition) is 8. The van der Waals surface area contributed by atoms with Crippen molar-refractivity contribution in [2.45, 2.75) is 58.4 Å². The van der Waals surface area contributed by atoms with Crippen LogP contribution in [0.25, 0.3) is 0 Å². The van der Waals surface area contributed by atoms with E-state index in [1.807, 2.05) is 13.1 Å². The van der Waals surface area contributed by atoms with Crippen molar-refractivity contribution in [1.82, 2.24) is 0 Å². The summed E-state index contributed by atoms with van der Waals surface area (Å²) in [4.78, 5) is 40.4. The Morgan fingerprint density at radius 1 is 1.15 bits per heavy atom. The first kappa shape index (κ1) is 24.1. The minimum absolute atomic E-state index is 0.0405. The Labute approximate surface area is 194 Å². The van der Waals surface area contributed by atoms with Gasteiger partial charge < -0.3 is 24.1 Å². The van der Waals surface area contributed by atoms with Crippen LogP contribution in [0, 0.1) is 10.8 Å². The smallest absolute Gasteiger partial charge is 0.261 e. The summed E-state index contributed by atoms with van der Waals surface area (Å²) in [5.74, 6) is -3.43. The molecule has 0 aromatic carbocycles. The Hall–Kier alpha value is -2.07. The number of Topliss-reactive ketones (excluding diaryl/α,β-unsaturated/α-hetero) is 3. The zero-order valence-electron chi connectivity index (χ0n) is 20.5. The third-order valence-corrected chi connectivity index (χ3v) is 13.2. The third kappa shape index (κ3) is 2.43. The molecule has 0 unspecified atom stereocenters. The van der Waals surface area contributed by atoms with Crippen molar-refractivity contribution in [3.8, 4) is 0 Å². The van der Waals surface area contributed by atoms with Crippen LogP contribution in [0.1, 0.15) is 34.6 Å². The van der Waals surface area contributed by atoms with Crippen molar-refractivity contribution < 1.29 is 38.5 Å². The lowest BCUT2D eigenvalue weighted by Crippen LogP contribution is -2.55. The molecule has 1 heterocycles. The van der Waals surface area contributed by atoms with Crippen LogP contribution >= 0.6 is 0 Å². The summed E-state index contributed by atoms with van der Waals surface area (Å²) >= 11 is 0. The Morgan fingerprint density at radius 3 is 2.30 bits per heavy atom. The van der Waals surface area contributed by atoms with Gasteiger partial charge in [-0.15, -0.1) is 0 Å². The molecule has 0 amide bonds. The van der Waals surface area contributed by atoms with E-state index in [-0.39, 0.29) is 41.8 Å². The van der Waals surface area contributed by atoms with Gasteiger partial charge in [0.2, 0.25) is 11.4 Å². The van der Waals surface area contributed by atoms with E-state index in [0.717, 1.165) is 0 Å². The number of methoxy groups -OCH3 is 1. The normalized spacial score (nSPS) is 34.4. The second-order valence-corrected chi connectivity index (χ2v) is 15.8. The first-order valence-corrected chi connectivity index (χ1v) is 14.0. The number of hydrogen-bond donors (Lipinski definition) is 2. The number of carbonyl (C=O) groups excluding carboxylic acids is 3. The molecule has 2 fully saturated rings. The van der Waals surface area contributed by atoms with Gasteiger partial charge in [0.15, 0.2) is 25.6 Å². The zero-order valence-corrected chi connectivity index (χ0v) is 21.5. The van der Waals surface area contributed by atoms with E-state index in [2.05, 4.69) is 20.8 Å². The summed E-state index contributed by atoms with van der Waals surface area (Å²) in [6.45, 7) is 13.3. The highest BCUT2D eigenvalue weighted by molar-refractivity contribution is 6.74. The Bertz CT molecular complexity index is 1100. The molecule has 3 aliphatic carbocycles. The van der Waals surface area contributed by atoms with Gasteiger partial charge in [0.05, 0.1) is 31.2 Å². The first-order chi connectivity index (χ1) is 15.1. The quantitative estimate of drug-likeness (QED) is 0.469. The van der Waals surface area contributed by atoms with E-state index in [1.165, 1.54) is 7.11 Å². The van der Waals surface area contributed by atoms with Gasteiger partial charge in [-0.25, -0.2) is 0 Å². The van der Waals surface area contributed by atoms with Crippen LogP contribution in [0.2, 0.25) is 18.1 Å². The van der Waals surface area contributed by atoms with Gasteiger partial charge in [-0.05, 0) is 48.7 Å². The highest BCUT2D eigenvalue weighted by Crippen LogP contribution is 2.71. The SMILES string of the molecule is COC1=C(C)[C@]2(CO[Si](C)(C)C(C)(C)C)C(=C(O)C1=O)[C@]1(O)C(=O)C(C)=C3COC[C@@]32C1=O. The summed E-state index contributed by atoms with van der Waals surface area (Å²) in [7, 11) is -1.10. The molecule has 33 heavy (non-hydrogen) atoms. The number of ketones is 3. The molecular formula is C24H32O8Si. The average molecular weight is 477 g/mol. The van der Waals surface area contributed by atoms with Gasteiger partial charge in [0, 0.05) is 12.2 Å². The third-order valence-electron chi connectivity index (χ3n) is 8.73. The number of carbonyl (C=O) groups is 3. The average Bonchev–Trinajstić information content (AvgIpc) is 3.23. The van der Waals surface area contributed by atoms with Crippen molar-refractivity contribution >= 4 is 25.7 Å². The molecule has 9 heteroatoms. The summed E-state index contributed by atoms with van der Waals surface area (Å²) in [6, 6.07) is 0. The summed E-state index contributed by atoms with van der Waals surface area (Å²) < 4.78 is 17.8. The van der Waals surface area contributed by atoms with E-state index in [4.69, 9.17) is 13.9 Å². The maximum Gasteiger partial charge on any atom is 0.261 e. The lowest BCUT2D eigenvalue weighted by atomic mass is 9.56. The second kappa shape index (κ2) is 6.75. The van der Waals surface area contributed by atoms with E-state index in [1.54, 1.807) is 13.8 Å². The number of fused-ring (bicyclic) bond motifs is 3. The van der Waals surface area contributed by atoms with Gasteiger partial charge >= 0.3 is 0 Å². The number of aliphatic hydroxyl groups is 2. The van der Waals surface area contributed by atoms with Crippen LogP contribution < -0.4 is 0 Å². The van der Waals surface area contributed by atoms with Gasteiger partial charge in [-0.2, -0.15) is 0 Å². The fourth-order valence-electron chi connectivity index (χ4n) is 5.81. The molecule has 2 N–H and O–H groups in total. The fourth-order valence-corrected chi connectivity index (χ4v) is 6.82. The van der Waals surface area contributed by atoms with Crippen LogP contribution in [0.15, 0.2) is 33.8 Å². The maximum atomic E-state index is 14.0. The van der Waals surface area contributed by atoms with E-state index >= 15 is 0 Å². The minimum Gasteiger partial charge on any atom is -0.504 e. The van der Waals surface area contributed by atoms with Crippen LogP contribution in [-0.2, 0) is 28.3 Å². The molecule has 0 aromatic heterocycles. The number of aliphatic hydroxyl groups excluding tert-OH is 1. The molecule has 4 rings (SSSR count). The van der Waals surface area contributed by atoms with Crippen molar-refractivity contribution in [3.63, 3.8) is 0 Å². The molecule has 8 nitrogen and oxygen atoms in total. The standard InChI is InChI=1S/C24H32O8Si/c1-12-14-9-31-10-23(14)20(28)24(29,19(12)27)18-16(26)15(25)17(30-6)13(2)22(18,23)11-32-33(7,8)21(3,4)5/h26,29H,9-11H2,1-8H3/t22-,23+,24+/m1/s1. The van der Waals surface area contributed by atoms with Gasteiger partial charge in [0.25, 0.3) is 5.78 Å². The van der Waals surface area contributed by atoms with Gasteiger partial charge in [0.1, 0.15) is 0 Å². The molecule has 0 radical (unpaired) electrons. The monoisotopic (exact) mass is 476 g/mol. The summed E-state index contributed by atoms with van der Waals surface area (Å²) in [6.07, 6.45) is 0. The van der Waals surface area contributed by atoms with Gasteiger partial charge in [-0.3, -0.25) is 14.4 Å². The maximum absolute atomic E-state index is 14.0. The fraction of sp³-hybridized carbons (Fsp3) is 0.625. The molecule has 2 bridgehead atoms. The molecule has 0 aromatic rings. The first-order valence-electron chi connectivity index (χ1n) is 11.1. The topological polar surface area (TPSA) is 119 Å². The van der Waals surface area contributed by atoms with E-state index in [0.29, 0.717) is 11.1 Å². The minimum atomic E-state index is -2.67. The predicted octanol–water partition coefficient (Wildman–Crippen LogP) is 2.54. The van der Waals surface area contributed by atoms with Crippen LogP contribution in [0.3, 0.4) is 0 Å². The highest BCUT2D eigenvalue weighted by atomic mass is 28.4. The lowest BCUT2D eigenvalue weighted by Gasteiger charge is -2.48. The van der Waals surface area contributed by atoms with Crippen LogP contribution in [0.5, 0.6) is 0 Å². The molecule has 3 atom stereocenters. The van der Waals surface area contributed by atoms with Crippen molar-refractivity contribution in [2.75, 3.05) is 26.9 Å². The number of rotatable bonds is 4. The molecule has 180 valence electrons. The zero-order chi connectivity index (χ0) is 24.9. The molecule has 1 saturated heterocycles. The molecule has 1 saturated carbocycles. The van der Waals surface area contributed by atoms with E-state index < -0.39 is 47.9 Å². The van der Waals surface area contributed by atoms with Crippen molar-refractivity contribution in [2.24, 2.45) is 10.8 Å². The highest BCUT2D eigenvalue weighted by Gasteiger charge is 2.82. The Kier molecular flexibility index (Phi) is 4.92. The molecular weight excluding hydrogens is 444 g/mol. The van der Waals surface area contributed by atoms with Crippen LogP contribution in [0.4, 0.5) is 0 Å². The number of ether oxygens (including phenoxy) is 2.